The minimum Gasteiger partial charge on any atom is -0.469 e. The summed E-state index contributed by atoms with van der Waals surface area (Å²) in [6.45, 7) is 1.78. The lowest BCUT2D eigenvalue weighted by atomic mass is 9.99. The van der Waals surface area contributed by atoms with Crippen molar-refractivity contribution in [1.29, 1.82) is 0 Å². The molecule has 1 N–H and O–H groups in total. The SMILES string of the molecule is COC(=O)C(C)c1ccc(/C=C2/SCCC2O)c(Cl)c1. The molecule has 1 saturated heterocycles. The number of methoxy groups -OCH3 is 1. The Morgan fingerprint density at radius 2 is 2.35 bits per heavy atom. The van der Waals surface area contributed by atoms with Crippen molar-refractivity contribution in [2.24, 2.45) is 0 Å². The van der Waals surface area contributed by atoms with Crippen LogP contribution >= 0.6 is 23.4 Å². The lowest BCUT2D eigenvalue weighted by Crippen LogP contribution is -2.10. The standard InChI is InChI=1S/C15H17ClO3S/c1-9(15(18)19-2)10-3-4-11(12(16)7-10)8-14-13(17)5-6-20-14/h3-4,7-9,13,17H,5-6H2,1-2H3/b14-8+. The Balaban J connectivity index is 2.24. The van der Waals surface area contributed by atoms with Crippen LogP contribution in [0.4, 0.5) is 0 Å². The van der Waals surface area contributed by atoms with Gasteiger partial charge in [0.15, 0.2) is 0 Å². The number of benzene rings is 1. The first-order valence-electron chi connectivity index (χ1n) is 6.42. The zero-order chi connectivity index (χ0) is 14.7. The molecule has 1 fully saturated rings. The van der Waals surface area contributed by atoms with E-state index < -0.39 is 0 Å². The van der Waals surface area contributed by atoms with Gasteiger partial charge >= 0.3 is 5.97 Å². The van der Waals surface area contributed by atoms with Crippen LogP contribution < -0.4 is 0 Å². The number of aliphatic hydroxyl groups excluding tert-OH is 1. The molecule has 1 aromatic rings. The fourth-order valence-corrected chi connectivity index (χ4v) is 3.40. The molecule has 0 spiro atoms. The maximum absolute atomic E-state index is 11.5. The van der Waals surface area contributed by atoms with Crippen LogP contribution in [0.3, 0.4) is 0 Å². The molecule has 3 nitrogen and oxygen atoms in total. The van der Waals surface area contributed by atoms with Crippen molar-refractivity contribution in [1.82, 2.24) is 0 Å². The van der Waals surface area contributed by atoms with Crippen molar-refractivity contribution >= 4 is 35.4 Å². The van der Waals surface area contributed by atoms with Crippen LogP contribution in [0.15, 0.2) is 23.1 Å². The van der Waals surface area contributed by atoms with E-state index in [1.54, 1.807) is 24.8 Å². The fourth-order valence-electron chi connectivity index (χ4n) is 2.06. The van der Waals surface area contributed by atoms with Gasteiger partial charge in [-0.05, 0) is 36.6 Å². The zero-order valence-electron chi connectivity index (χ0n) is 11.4. The number of carbonyl (C=O) groups excluding carboxylic acids is 1. The first-order chi connectivity index (χ1) is 9.52. The maximum Gasteiger partial charge on any atom is 0.312 e. The van der Waals surface area contributed by atoms with Crippen LogP contribution in [0.5, 0.6) is 0 Å². The quantitative estimate of drug-likeness (QED) is 0.868. The van der Waals surface area contributed by atoms with Gasteiger partial charge in [0.05, 0.1) is 19.1 Å². The van der Waals surface area contributed by atoms with Crippen molar-refractivity contribution in [3.63, 3.8) is 0 Å². The van der Waals surface area contributed by atoms with E-state index in [1.807, 2.05) is 18.2 Å². The number of ether oxygens (including phenoxy) is 1. The van der Waals surface area contributed by atoms with Crippen LogP contribution in [-0.2, 0) is 9.53 Å². The number of hydrogen-bond donors (Lipinski definition) is 1. The molecule has 5 heteroatoms. The van der Waals surface area contributed by atoms with E-state index in [2.05, 4.69) is 0 Å². The third-order valence-corrected chi connectivity index (χ3v) is 4.86. The molecule has 0 aromatic heterocycles. The van der Waals surface area contributed by atoms with Crippen molar-refractivity contribution < 1.29 is 14.6 Å². The average Bonchev–Trinajstić information content (AvgIpc) is 2.84. The normalized spacial score (nSPS) is 22.0. The number of esters is 1. The number of aliphatic hydroxyl groups is 1. The second kappa shape index (κ2) is 6.66. The van der Waals surface area contributed by atoms with E-state index in [0.717, 1.165) is 28.2 Å². The smallest absolute Gasteiger partial charge is 0.312 e. The summed E-state index contributed by atoms with van der Waals surface area (Å²) in [5.74, 6) is 0.307. The second-order valence-corrected chi connectivity index (χ2v) is 6.30. The third kappa shape index (κ3) is 3.37. The van der Waals surface area contributed by atoms with Crippen molar-refractivity contribution in [2.75, 3.05) is 12.9 Å². The van der Waals surface area contributed by atoms with E-state index in [1.165, 1.54) is 7.11 Å². The van der Waals surface area contributed by atoms with Gasteiger partial charge in [-0.25, -0.2) is 0 Å². The van der Waals surface area contributed by atoms with Crippen molar-refractivity contribution in [3.8, 4) is 0 Å². The van der Waals surface area contributed by atoms with Gasteiger partial charge in [-0.3, -0.25) is 4.79 Å². The molecule has 1 heterocycles. The molecular formula is C15H17ClO3S. The van der Waals surface area contributed by atoms with Gasteiger partial charge in [-0.2, -0.15) is 0 Å². The minimum atomic E-state index is -0.385. The molecule has 0 aliphatic carbocycles. The van der Waals surface area contributed by atoms with Crippen LogP contribution in [0.25, 0.3) is 6.08 Å². The van der Waals surface area contributed by atoms with Gasteiger partial charge in [-0.15, -0.1) is 11.8 Å². The number of rotatable bonds is 3. The monoisotopic (exact) mass is 312 g/mol. The Morgan fingerprint density at radius 1 is 1.60 bits per heavy atom. The lowest BCUT2D eigenvalue weighted by Gasteiger charge is -2.11. The molecule has 0 radical (unpaired) electrons. The summed E-state index contributed by atoms with van der Waals surface area (Å²) in [7, 11) is 1.37. The van der Waals surface area contributed by atoms with Gasteiger partial charge < -0.3 is 9.84 Å². The Hall–Kier alpha value is -0.970. The highest BCUT2D eigenvalue weighted by atomic mass is 35.5. The summed E-state index contributed by atoms with van der Waals surface area (Å²) in [6, 6.07) is 5.52. The summed E-state index contributed by atoms with van der Waals surface area (Å²) in [4.78, 5) is 12.5. The van der Waals surface area contributed by atoms with Gasteiger partial charge in [0, 0.05) is 15.7 Å². The maximum atomic E-state index is 11.5. The predicted molar refractivity (Wildman–Crippen MR) is 82.9 cm³/mol. The molecule has 2 rings (SSSR count). The topological polar surface area (TPSA) is 46.5 Å². The van der Waals surface area contributed by atoms with Gasteiger partial charge in [0.2, 0.25) is 0 Å². The highest BCUT2D eigenvalue weighted by Gasteiger charge is 2.20. The number of halogens is 1. The number of hydrogen-bond acceptors (Lipinski definition) is 4. The van der Waals surface area contributed by atoms with E-state index >= 15 is 0 Å². The summed E-state index contributed by atoms with van der Waals surface area (Å²) in [6.07, 6.45) is 2.31. The Bertz CT molecular complexity index is 542. The highest BCUT2D eigenvalue weighted by molar-refractivity contribution is 8.03. The Morgan fingerprint density at radius 3 is 2.90 bits per heavy atom. The van der Waals surface area contributed by atoms with Crippen LogP contribution in [0.1, 0.15) is 30.4 Å². The number of carbonyl (C=O) groups is 1. The fraction of sp³-hybridized carbons (Fsp3) is 0.400. The third-order valence-electron chi connectivity index (χ3n) is 3.37. The van der Waals surface area contributed by atoms with Crippen LogP contribution in [-0.4, -0.2) is 30.0 Å². The first kappa shape index (κ1) is 15.4. The van der Waals surface area contributed by atoms with Crippen LogP contribution in [0, 0.1) is 0 Å². The van der Waals surface area contributed by atoms with Crippen molar-refractivity contribution in [3.05, 3.63) is 39.3 Å². The molecule has 20 heavy (non-hydrogen) atoms. The van der Waals surface area contributed by atoms with Gasteiger partial charge in [0.1, 0.15) is 0 Å². The molecule has 0 amide bonds. The summed E-state index contributed by atoms with van der Waals surface area (Å²) in [5.41, 5.74) is 1.68. The van der Waals surface area contributed by atoms with Gasteiger partial charge in [-0.1, -0.05) is 23.7 Å². The lowest BCUT2D eigenvalue weighted by molar-refractivity contribution is -0.141. The average molecular weight is 313 g/mol. The minimum absolute atomic E-state index is 0.283. The molecular weight excluding hydrogens is 296 g/mol. The first-order valence-corrected chi connectivity index (χ1v) is 7.79. The molecule has 1 aliphatic rings. The Labute approximate surface area is 128 Å². The zero-order valence-corrected chi connectivity index (χ0v) is 13.0. The van der Waals surface area contributed by atoms with E-state index in [0.29, 0.717) is 5.02 Å². The molecule has 1 aromatic carbocycles. The Kier molecular flexibility index (Phi) is 5.13. The van der Waals surface area contributed by atoms with Crippen molar-refractivity contribution in [2.45, 2.75) is 25.4 Å². The van der Waals surface area contributed by atoms with E-state index in [-0.39, 0.29) is 18.0 Å². The second-order valence-electron chi connectivity index (χ2n) is 4.73. The summed E-state index contributed by atoms with van der Waals surface area (Å²) < 4.78 is 4.73. The molecule has 108 valence electrons. The summed E-state index contributed by atoms with van der Waals surface area (Å²) in [5, 5.41) is 10.4. The van der Waals surface area contributed by atoms with E-state index in [9.17, 15) is 9.90 Å². The van der Waals surface area contributed by atoms with E-state index in [4.69, 9.17) is 16.3 Å². The molecule has 0 bridgehead atoms. The van der Waals surface area contributed by atoms with Gasteiger partial charge in [0.25, 0.3) is 0 Å². The molecule has 1 aliphatic heterocycles. The molecule has 2 unspecified atom stereocenters. The largest absolute Gasteiger partial charge is 0.469 e. The highest BCUT2D eigenvalue weighted by Crippen LogP contribution is 2.34. The molecule has 2 atom stereocenters. The predicted octanol–water partition coefficient (Wildman–Crippen LogP) is 3.46. The number of thioether (sulfide) groups is 1. The summed E-state index contributed by atoms with van der Waals surface area (Å²) >= 11 is 7.91. The molecule has 0 saturated carbocycles. The van der Waals surface area contributed by atoms with Crippen LogP contribution in [0.2, 0.25) is 5.02 Å².